The first-order valence-electron chi connectivity index (χ1n) is 3.57. The highest BCUT2D eigenvalue weighted by Crippen LogP contribution is 2.19. The number of aliphatic hydroxyl groups excluding tert-OH is 1. The summed E-state index contributed by atoms with van der Waals surface area (Å²) in [5.74, 6) is 0. The number of thiophene rings is 1. The van der Waals surface area contributed by atoms with E-state index in [9.17, 15) is 0 Å². The molecule has 0 bridgehead atoms. The molecule has 12 heavy (non-hydrogen) atoms. The fraction of sp³-hybridized carbons (Fsp3) is 0.125. The molecule has 0 saturated heterocycles. The highest BCUT2D eigenvalue weighted by Gasteiger charge is 2.00. The smallest absolute Gasteiger partial charge is 0.136 e. The van der Waals surface area contributed by atoms with Gasteiger partial charge in [-0.2, -0.15) is 16.4 Å². The summed E-state index contributed by atoms with van der Waals surface area (Å²) in [5, 5.41) is 16.9. The summed E-state index contributed by atoms with van der Waals surface area (Å²) in [4.78, 5) is 0. The lowest BCUT2D eigenvalue weighted by Crippen LogP contribution is -1.96. The zero-order valence-corrected chi connectivity index (χ0v) is 7.16. The number of aliphatic hydroxyl groups is 1. The van der Waals surface area contributed by atoms with Crippen molar-refractivity contribution >= 4 is 11.3 Å². The van der Waals surface area contributed by atoms with E-state index >= 15 is 0 Å². The second kappa shape index (κ2) is 3.08. The van der Waals surface area contributed by atoms with Crippen LogP contribution in [-0.2, 0) is 6.73 Å². The lowest BCUT2D eigenvalue weighted by Gasteiger charge is -1.91. The van der Waals surface area contributed by atoms with Crippen LogP contribution in [0, 0.1) is 0 Å². The fourth-order valence-electron chi connectivity index (χ4n) is 1.00. The summed E-state index contributed by atoms with van der Waals surface area (Å²) < 4.78 is 1.49. The lowest BCUT2D eigenvalue weighted by molar-refractivity contribution is 0.195. The summed E-state index contributed by atoms with van der Waals surface area (Å²) in [7, 11) is 0. The lowest BCUT2D eigenvalue weighted by atomic mass is 10.2. The predicted molar refractivity (Wildman–Crippen MR) is 47.8 cm³/mol. The van der Waals surface area contributed by atoms with Crippen molar-refractivity contribution in [3.8, 4) is 11.3 Å². The molecule has 2 heterocycles. The molecule has 0 aliphatic carbocycles. The van der Waals surface area contributed by atoms with Crippen LogP contribution < -0.4 is 0 Å². The van der Waals surface area contributed by atoms with E-state index in [1.54, 1.807) is 17.5 Å². The highest BCUT2D eigenvalue weighted by atomic mass is 32.1. The molecule has 62 valence electrons. The van der Waals surface area contributed by atoms with Gasteiger partial charge >= 0.3 is 0 Å². The number of nitrogens with zero attached hydrogens (tertiary/aromatic N) is 2. The van der Waals surface area contributed by atoms with Gasteiger partial charge in [0.05, 0.1) is 5.69 Å². The molecular formula is C8H8N2OS. The Bertz CT molecular complexity index is 353. The summed E-state index contributed by atoms with van der Waals surface area (Å²) >= 11 is 1.64. The van der Waals surface area contributed by atoms with Crippen molar-refractivity contribution in [3.63, 3.8) is 0 Å². The maximum Gasteiger partial charge on any atom is 0.136 e. The minimum Gasteiger partial charge on any atom is -0.374 e. The van der Waals surface area contributed by atoms with Crippen molar-refractivity contribution in [3.05, 3.63) is 29.1 Å². The third-order valence-electron chi connectivity index (χ3n) is 1.60. The van der Waals surface area contributed by atoms with Crippen molar-refractivity contribution in [1.29, 1.82) is 0 Å². The van der Waals surface area contributed by atoms with Gasteiger partial charge in [-0.15, -0.1) is 0 Å². The van der Waals surface area contributed by atoms with Crippen LogP contribution in [0.4, 0.5) is 0 Å². The van der Waals surface area contributed by atoms with E-state index in [-0.39, 0.29) is 6.73 Å². The molecule has 0 spiro atoms. The van der Waals surface area contributed by atoms with Gasteiger partial charge < -0.3 is 5.11 Å². The van der Waals surface area contributed by atoms with Crippen LogP contribution >= 0.6 is 11.3 Å². The van der Waals surface area contributed by atoms with Crippen molar-refractivity contribution in [2.24, 2.45) is 0 Å². The van der Waals surface area contributed by atoms with Crippen LogP contribution in [0.25, 0.3) is 11.3 Å². The third kappa shape index (κ3) is 1.26. The van der Waals surface area contributed by atoms with Gasteiger partial charge in [0.25, 0.3) is 0 Å². The van der Waals surface area contributed by atoms with E-state index in [1.807, 2.05) is 22.9 Å². The highest BCUT2D eigenvalue weighted by molar-refractivity contribution is 7.08. The fourth-order valence-corrected chi connectivity index (χ4v) is 1.65. The van der Waals surface area contributed by atoms with Crippen LogP contribution in [0.2, 0.25) is 0 Å². The third-order valence-corrected chi connectivity index (χ3v) is 2.29. The molecule has 0 amide bonds. The molecule has 0 radical (unpaired) electrons. The van der Waals surface area contributed by atoms with E-state index in [2.05, 4.69) is 5.10 Å². The number of hydrogen-bond acceptors (Lipinski definition) is 3. The summed E-state index contributed by atoms with van der Waals surface area (Å²) in [5.41, 5.74) is 2.01. The Morgan fingerprint density at radius 3 is 3.00 bits per heavy atom. The van der Waals surface area contributed by atoms with E-state index in [0.29, 0.717) is 0 Å². The quantitative estimate of drug-likeness (QED) is 0.761. The maximum atomic E-state index is 8.75. The van der Waals surface area contributed by atoms with Crippen LogP contribution in [0.5, 0.6) is 0 Å². The van der Waals surface area contributed by atoms with Crippen LogP contribution in [0.15, 0.2) is 29.1 Å². The number of aromatic nitrogens is 2. The molecule has 2 rings (SSSR count). The molecule has 0 unspecified atom stereocenters. The Morgan fingerprint density at radius 1 is 1.50 bits per heavy atom. The standard InChI is InChI=1S/C8H8N2OS/c11-6-10-3-1-8(9-10)7-2-4-12-5-7/h1-5,11H,6H2. The number of rotatable bonds is 2. The molecule has 0 fully saturated rings. The molecule has 3 nitrogen and oxygen atoms in total. The first-order chi connectivity index (χ1) is 5.90. The molecule has 0 saturated carbocycles. The second-order valence-corrected chi connectivity index (χ2v) is 3.17. The van der Waals surface area contributed by atoms with Gasteiger partial charge in [-0.25, -0.2) is 4.68 Å². The molecule has 0 aliphatic rings. The normalized spacial score (nSPS) is 10.4. The molecule has 4 heteroatoms. The van der Waals surface area contributed by atoms with Crippen LogP contribution in [0.1, 0.15) is 0 Å². The summed E-state index contributed by atoms with van der Waals surface area (Å²) in [6, 6.07) is 3.90. The Labute approximate surface area is 73.9 Å². The topological polar surface area (TPSA) is 38.0 Å². The molecule has 0 aliphatic heterocycles. The van der Waals surface area contributed by atoms with Crippen molar-refractivity contribution < 1.29 is 5.11 Å². The molecule has 0 aromatic carbocycles. The Hall–Kier alpha value is -1.13. The van der Waals surface area contributed by atoms with Crippen molar-refractivity contribution in [1.82, 2.24) is 9.78 Å². The first kappa shape index (κ1) is 7.52. The van der Waals surface area contributed by atoms with E-state index in [1.165, 1.54) is 4.68 Å². The van der Waals surface area contributed by atoms with Gasteiger partial charge in [0.1, 0.15) is 6.73 Å². The molecule has 0 atom stereocenters. The van der Waals surface area contributed by atoms with Crippen LogP contribution in [0.3, 0.4) is 0 Å². The Kier molecular flexibility index (Phi) is 1.93. The molecule has 1 N–H and O–H groups in total. The maximum absolute atomic E-state index is 8.75. The number of hydrogen-bond donors (Lipinski definition) is 1. The van der Waals surface area contributed by atoms with E-state index in [0.717, 1.165) is 11.3 Å². The average Bonchev–Trinajstić information content (AvgIpc) is 2.75. The van der Waals surface area contributed by atoms with Gasteiger partial charge in [0.15, 0.2) is 0 Å². The predicted octanol–water partition coefficient (Wildman–Crippen LogP) is 1.56. The van der Waals surface area contributed by atoms with E-state index in [4.69, 9.17) is 5.11 Å². The Morgan fingerprint density at radius 2 is 2.42 bits per heavy atom. The minimum atomic E-state index is -0.0653. The van der Waals surface area contributed by atoms with Gasteiger partial charge in [0, 0.05) is 17.1 Å². The largest absolute Gasteiger partial charge is 0.374 e. The van der Waals surface area contributed by atoms with Crippen LogP contribution in [-0.4, -0.2) is 14.9 Å². The SMILES string of the molecule is OCn1ccc(-c2ccsc2)n1. The van der Waals surface area contributed by atoms with Gasteiger partial charge in [-0.1, -0.05) is 0 Å². The minimum absolute atomic E-state index is 0.0653. The second-order valence-electron chi connectivity index (χ2n) is 2.39. The summed E-state index contributed by atoms with van der Waals surface area (Å²) in [6.07, 6.45) is 1.76. The zero-order chi connectivity index (χ0) is 8.39. The van der Waals surface area contributed by atoms with E-state index < -0.39 is 0 Å². The average molecular weight is 180 g/mol. The zero-order valence-electron chi connectivity index (χ0n) is 6.34. The van der Waals surface area contributed by atoms with Crippen molar-refractivity contribution in [2.45, 2.75) is 6.73 Å². The molecular weight excluding hydrogens is 172 g/mol. The van der Waals surface area contributed by atoms with Gasteiger partial charge in [-0.05, 0) is 17.5 Å². The van der Waals surface area contributed by atoms with Gasteiger partial charge in [0.2, 0.25) is 0 Å². The molecule has 2 aromatic heterocycles. The van der Waals surface area contributed by atoms with Gasteiger partial charge in [-0.3, -0.25) is 0 Å². The first-order valence-corrected chi connectivity index (χ1v) is 4.51. The Balaban J connectivity index is 2.35. The molecule has 2 aromatic rings. The monoisotopic (exact) mass is 180 g/mol. The van der Waals surface area contributed by atoms with Crippen molar-refractivity contribution in [2.75, 3.05) is 0 Å². The summed E-state index contributed by atoms with van der Waals surface area (Å²) in [6.45, 7) is -0.0653.